The predicted octanol–water partition coefficient (Wildman–Crippen LogP) is 3.32. The molecule has 19 heavy (non-hydrogen) atoms. The Balaban J connectivity index is 2.10. The van der Waals surface area contributed by atoms with Crippen LogP contribution in [0.15, 0.2) is 42.5 Å². The van der Waals surface area contributed by atoms with E-state index < -0.39 is 8.03 Å². The minimum atomic E-state index is -2.65. The van der Waals surface area contributed by atoms with Crippen molar-refractivity contribution in [2.75, 3.05) is 0 Å². The normalized spacial score (nSPS) is 12.2. The van der Waals surface area contributed by atoms with Crippen LogP contribution in [0.5, 0.6) is 5.75 Å². The van der Waals surface area contributed by atoms with E-state index in [0.29, 0.717) is 16.9 Å². The molecule has 0 aliphatic rings. The zero-order valence-electron chi connectivity index (χ0n) is 10.4. The van der Waals surface area contributed by atoms with Crippen LogP contribution in [-0.2, 0) is 11.2 Å². The lowest BCUT2D eigenvalue weighted by Gasteiger charge is -2.10. The summed E-state index contributed by atoms with van der Waals surface area (Å²) in [5.74, 6) is 0.756. The Hall–Kier alpha value is -1.28. The molecule has 0 radical (unpaired) electrons. The Labute approximate surface area is 117 Å². The van der Waals surface area contributed by atoms with Gasteiger partial charge >= 0.3 is 0 Å². The van der Waals surface area contributed by atoms with Crippen molar-refractivity contribution in [1.29, 1.82) is 0 Å². The summed E-state index contributed by atoms with van der Waals surface area (Å²) in [4.78, 5) is 9.10. The van der Waals surface area contributed by atoms with Crippen LogP contribution in [-0.4, -0.2) is 4.89 Å². The Morgan fingerprint density at radius 3 is 2.74 bits per heavy atom. The molecule has 0 fully saturated rings. The second-order valence-corrected chi connectivity index (χ2v) is 5.83. The summed E-state index contributed by atoms with van der Waals surface area (Å²) in [5.41, 5.74) is 1.82. The molecule has 1 atom stereocenters. The zero-order chi connectivity index (χ0) is 13.8. The highest BCUT2D eigenvalue weighted by atomic mass is 35.5. The van der Waals surface area contributed by atoms with Gasteiger partial charge in [0, 0.05) is 10.3 Å². The number of rotatable bonds is 4. The molecule has 2 rings (SSSR count). The molecule has 0 bridgehead atoms. The molecular formula is C14H14ClO3P. The molecular weight excluding hydrogens is 283 g/mol. The molecule has 2 aromatic rings. The van der Waals surface area contributed by atoms with Crippen LogP contribution in [0.25, 0.3) is 0 Å². The van der Waals surface area contributed by atoms with E-state index in [1.165, 1.54) is 0 Å². The van der Waals surface area contributed by atoms with Crippen molar-refractivity contribution in [1.82, 2.24) is 0 Å². The molecule has 2 aromatic carbocycles. The highest BCUT2D eigenvalue weighted by Crippen LogP contribution is 2.23. The second kappa shape index (κ2) is 6.25. The minimum absolute atomic E-state index is 0.353. The molecule has 0 spiro atoms. The first kappa shape index (κ1) is 14.1. The molecule has 100 valence electrons. The molecule has 0 saturated heterocycles. The van der Waals surface area contributed by atoms with Crippen molar-refractivity contribution in [2.24, 2.45) is 0 Å². The van der Waals surface area contributed by atoms with Crippen LogP contribution in [0.2, 0.25) is 5.02 Å². The van der Waals surface area contributed by atoms with Gasteiger partial charge in [-0.1, -0.05) is 23.7 Å². The van der Waals surface area contributed by atoms with Crippen LogP contribution < -0.4 is 10.0 Å². The highest BCUT2D eigenvalue weighted by Gasteiger charge is 2.03. The molecule has 0 heterocycles. The summed E-state index contributed by atoms with van der Waals surface area (Å²) in [6.07, 6.45) is 0. The van der Waals surface area contributed by atoms with E-state index in [9.17, 15) is 4.57 Å². The maximum Gasteiger partial charge on any atom is 0.218 e. The number of hydrogen-bond donors (Lipinski definition) is 1. The smallest absolute Gasteiger partial charge is 0.218 e. The van der Waals surface area contributed by atoms with Gasteiger partial charge in [0.15, 0.2) is 0 Å². The second-order valence-electron chi connectivity index (χ2n) is 4.20. The summed E-state index contributed by atoms with van der Waals surface area (Å²) in [6.45, 7) is 2.27. The summed E-state index contributed by atoms with van der Waals surface area (Å²) < 4.78 is 16.7. The number of aryl methyl sites for hydroxylation is 1. The Morgan fingerprint density at radius 2 is 2.05 bits per heavy atom. The Morgan fingerprint density at radius 1 is 1.26 bits per heavy atom. The summed E-state index contributed by atoms with van der Waals surface area (Å²) >= 11 is 5.88. The summed E-state index contributed by atoms with van der Waals surface area (Å²) in [6, 6.07) is 12.4. The fourth-order valence-corrected chi connectivity index (χ4v) is 2.50. The number of ether oxygens (including phenoxy) is 1. The third kappa shape index (κ3) is 3.84. The number of halogens is 1. The quantitative estimate of drug-likeness (QED) is 0.880. The van der Waals surface area contributed by atoms with Gasteiger partial charge in [-0.15, -0.1) is 0 Å². The lowest BCUT2D eigenvalue weighted by molar-refractivity contribution is 0.304. The van der Waals surface area contributed by atoms with Crippen LogP contribution >= 0.6 is 19.6 Å². The molecule has 0 aliphatic heterocycles. The topological polar surface area (TPSA) is 46.5 Å². The fourth-order valence-electron chi connectivity index (χ4n) is 1.73. The van der Waals surface area contributed by atoms with E-state index in [4.69, 9.17) is 21.2 Å². The van der Waals surface area contributed by atoms with Crippen molar-refractivity contribution in [3.8, 4) is 5.75 Å². The lowest BCUT2D eigenvalue weighted by atomic mass is 10.2. The maximum absolute atomic E-state index is 11.0. The standard InChI is InChI=1S/C14H14ClO3P/c1-10-7-12(15)5-6-14(10)18-9-11-3-2-4-13(8-11)19(16)17/h2-8,19H,9H2,1H3,(H,16,17). The van der Waals surface area contributed by atoms with E-state index in [1.807, 2.05) is 25.1 Å². The van der Waals surface area contributed by atoms with Crippen LogP contribution in [0, 0.1) is 6.92 Å². The van der Waals surface area contributed by atoms with Crippen molar-refractivity contribution < 1.29 is 14.2 Å². The van der Waals surface area contributed by atoms with Crippen LogP contribution in [0.4, 0.5) is 0 Å². The third-order valence-corrected chi connectivity index (χ3v) is 3.75. The first-order valence-electron chi connectivity index (χ1n) is 5.77. The minimum Gasteiger partial charge on any atom is -0.489 e. The van der Waals surface area contributed by atoms with Gasteiger partial charge in [-0.05, 0) is 48.4 Å². The van der Waals surface area contributed by atoms with Gasteiger partial charge in [0.2, 0.25) is 8.03 Å². The number of benzene rings is 2. The van der Waals surface area contributed by atoms with E-state index in [1.54, 1.807) is 24.3 Å². The van der Waals surface area contributed by atoms with Gasteiger partial charge in [-0.25, -0.2) is 0 Å². The monoisotopic (exact) mass is 296 g/mol. The van der Waals surface area contributed by atoms with Crippen LogP contribution in [0.1, 0.15) is 11.1 Å². The van der Waals surface area contributed by atoms with E-state index in [2.05, 4.69) is 0 Å². The third-order valence-electron chi connectivity index (χ3n) is 2.71. The molecule has 0 aromatic heterocycles. The molecule has 0 amide bonds. The van der Waals surface area contributed by atoms with Gasteiger partial charge in [0.05, 0.1) is 0 Å². The first-order chi connectivity index (χ1) is 9.06. The molecule has 0 aliphatic carbocycles. The van der Waals surface area contributed by atoms with Crippen LogP contribution in [0.3, 0.4) is 0 Å². The van der Waals surface area contributed by atoms with E-state index in [-0.39, 0.29) is 0 Å². The lowest BCUT2D eigenvalue weighted by Crippen LogP contribution is -2.02. The summed E-state index contributed by atoms with van der Waals surface area (Å²) in [7, 11) is -2.65. The zero-order valence-corrected chi connectivity index (χ0v) is 12.1. The van der Waals surface area contributed by atoms with E-state index in [0.717, 1.165) is 16.9 Å². The van der Waals surface area contributed by atoms with Crippen molar-refractivity contribution in [3.05, 3.63) is 58.6 Å². The Kier molecular flexibility index (Phi) is 4.65. The fraction of sp³-hybridized carbons (Fsp3) is 0.143. The van der Waals surface area contributed by atoms with Crippen molar-refractivity contribution >= 4 is 24.9 Å². The largest absolute Gasteiger partial charge is 0.489 e. The molecule has 1 N–H and O–H groups in total. The average Bonchev–Trinajstić information content (AvgIpc) is 2.38. The molecule has 3 nitrogen and oxygen atoms in total. The maximum atomic E-state index is 11.0. The average molecular weight is 297 g/mol. The molecule has 5 heteroatoms. The summed E-state index contributed by atoms with van der Waals surface area (Å²) in [5, 5.41) is 1.12. The molecule has 1 unspecified atom stereocenters. The van der Waals surface area contributed by atoms with E-state index >= 15 is 0 Å². The number of hydrogen-bond acceptors (Lipinski definition) is 2. The van der Waals surface area contributed by atoms with Gasteiger partial charge in [0.1, 0.15) is 12.4 Å². The first-order valence-corrected chi connectivity index (χ1v) is 7.51. The van der Waals surface area contributed by atoms with Gasteiger partial charge in [-0.3, -0.25) is 4.57 Å². The van der Waals surface area contributed by atoms with Gasteiger partial charge in [0.25, 0.3) is 0 Å². The predicted molar refractivity (Wildman–Crippen MR) is 77.8 cm³/mol. The van der Waals surface area contributed by atoms with Gasteiger partial charge in [-0.2, -0.15) is 0 Å². The van der Waals surface area contributed by atoms with Crippen molar-refractivity contribution in [2.45, 2.75) is 13.5 Å². The highest BCUT2D eigenvalue weighted by molar-refractivity contribution is 7.47. The molecule has 0 saturated carbocycles. The SMILES string of the molecule is Cc1cc(Cl)ccc1OCc1cccc([PH](=O)O)c1. The Bertz CT molecular complexity index is 613. The van der Waals surface area contributed by atoms with Gasteiger partial charge < -0.3 is 9.63 Å². The van der Waals surface area contributed by atoms with Crippen molar-refractivity contribution in [3.63, 3.8) is 0 Å².